The van der Waals surface area contributed by atoms with Crippen LogP contribution < -0.4 is 0 Å². The van der Waals surface area contributed by atoms with Gasteiger partial charge in [0.1, 0.15) is 0 Å². The molecule has 1 heterocycles. The van der Waals surface area contributed by atoms with E-state index in [9.17, 15) is 13.5 Å². The van der Waals surface area contributed by atoms with Crippen molar-refractivity contribution in [2.75, 3.05) is 25.4 Å². The zero-order valence-electron chi connectivity index (χ0n) is 12.1. The Morgan fingerprint density at radius 2 is 2.05 bits per heavy atom. The highest BCUT2D eigenvalue weighted by Crippen LogP contribution is 2.21. The van der Waals surface area contributed by atoms with Crippen molar-refractivity contribution in [3.05, 3.63) is 29.8 Å². The molecule has 114 valence electrons. The Bertz CT molecular complexity index is 637. The smallest absolute Gasteiger partial charge is 0.179 e. The highest BCUT2D eigenvalue weighted by Gasteiger charge is 2.28. The summed E-state index contributed by atoms with van der Waals surface area (Å²) in [6, 6.07) is 8.07. The van der Waals surface area contributed by atoms with Gasteiger partial charge in [0, 0.05) is 19.6 Å². The van der Waals surface area contributed by atoms with Gasteiger partial charge in [-0.2, -0.15) is 5.26 Å². The van der Waals surface area contributed by atoms with Crippen molar-refractivity contribution in [1.29, 1.82) is 5.26 Å². The molecule has 1 aliphatic rings. The summed E-state index contributed by atoms with van der Waals surface area (Å²) in [4.78, 5) is 2.26. The van der Waals surface area contributed by atoms with Crippen LogP contribution in [0.1, 0.15) is 25.3 Å². The van der Waals surface area contributed by atoms with Gasteiger partial charge in [0.2, 0.25) is 0 Å². The summed E-state index contributed by atoms with van der Waals surface area (Å²) in [5, 5.41) is 18.7. The largest absolute Gasteiger partial charge is 0.390 e. The molecule has 0 atom stereocenters. The quantitative estimate of drug-likeness (QED) is 0.903. The summed E-state index contributed by atoms with van der Waals surface area (Å²) < 4.78 is 24.6. The summed E-state index contributed by atoms with van der Waals surface area (Å²) in [7, 11) is -3.38. The number of benzene rings is 1. The first-order chi connectivity index (χ1) is 9.82. The zero-order chi connectivity index (χ0) is 15.5. The maximum Gasteiger partial charge on any atom is 0.179 e. The lowest BCUT2D eigenvalue weighted by molar-refractivity contribution is -0.00372. The molecule has 0 aromatic heterocycles. The Morgan fingerprint density at radius 3 is 2.67 bits per heavy atom. The molecule has 21 heavy (non-hydrogen) atoms. The first kappa shape index (κ1) is 16.0. The van der Waals surface area contributed by atoms with Gasteiger partial charge in [-0.05, 0) is 38.0 Å². The monoisotopic (exact) mass is 308 g/mol. The number of hydrogen-bond acceptors (Lipinski definition) is 5. The van der Waals surface area contributed by atoms with Crippen LogP contribution in [0.2, 0.25) is 0 Å². The minimum atomic E-state index is -3.38. The number of piperidine rings is 1. The molecule has 1 N–H and O–H groups in total. The molecule has 0 spiro atoms. The first-order valence-corrected chi connectivity index (χ1v) is 8.65. The summed E-state index contributed by atoms with van der Waals surface area (Å²) >= 11 is 0. The molecule has 1 aliphatic heterocycles. The third-order valence-corrected chi connectivity index (χ3v) is 5.62. The van der Waals surface area contributed by atoms with Crippen LogP contribution in [0.4, 0.5) is 0 Å². The van der Waals surface area contributed by atoms with Crippen molar-refractivity contribution in [3.63, 3.8) is 0 Å². The van der Waals surface area contributed by atoms with Crippen molar-refractivity contribution in [3.8, 4) is 6.07 Å². The Labute approximate surface area is 125 Å². The van der Waals surface area contributed by atoms with Gasteiger partial charge in [0.15, 0.2) is 9.84 Å². The second-order valence-electron chi connectivity index (χ2n) is 5.80. The number of hydrogen-bond donors (Lipinski definition) is 1. The standard InChI is InChI=1S/C15H20N2O3S/c1-15(18)5-7-17(8-6-15)9-10-21(19,20)14-4-2-3-13(11-14)12-16/h2-4,11,18H,5-10H2,1H3. The summed E-state index contributed by atoms with van der Waals surface area (Å²) in [5.41, 5.74) is -0.277. The van der Waals surface area contributed by atoms with Crippen LogP contribution in [0, 0.1) is 11.3 Å². The molecular weight excluding hydrogens is 288 g/mol. The normalized spacial score (nSPS) is 19.1. The maximum absolute atomic E-state index is 12.3. The molecule has 0 unspecified atom stereocenters. The van der Waals surface area contributed by atoms with E-state index in [1.54, 1.807) is 12.1 Å². The molecule has 0 bridgehead atoms. The van der Waals surface area contributed by atoms with Crippen LogP contribution in [0.15, 0.2) is 29.2 Å². The average molecular weight is 308 g/mol. The fraction of sp³-hybridized carbons (Fsp3) is 0.533. The van der Waals surface area contributed by atoms with Gasteiger partial charge in [0.25, 0.3) is 0 Å². The van der Waals surface area contributed by atoms with E-state index < -0.39 is 15.4 Å². The summed E-state index contributed by atoms with van der Waals surface area (Å²) in [5.74, 6) is 0.0318. The molecule has 1 aromatic carbocycles. The summed E-state index contributed by atoms with van der Waals surface area (Å²) in [6.07, 6.45) is 1.33. The predicted octanol–water partition coefficient (Wildman–Crippen LogP) is 1.18. The van der Waals surface area contributed by atoms with E-state index in [1.807, 2.05) is 13.0 Å². The Balaban J connectivity index is 1.97. The third kappa shape index (κ3) is 4.27. The lowest BCUT2D eigenvalue weighted by Gasteiger charge is -2.35. The summed E-state index contributed by atoms with van der Waals surface area (Å²) in [6.45, 7) is 3.69. The fourth-order valence-corrected chi connectivity index (χ4v) is 3.71. The first-order valence-electron chi connectivity index (χ1n) is 7.00. The minimum absolute atomic E-state index is 0.0318. The number of nitriles is 1. The second kappa shape index (κ2) is 6.14. The Hall–Kier alpha value is -1.42. The van der Waals surface area contributed by atoms with Crippen molar-refractivity contribution >= 4 is 9.84 Å². The lowest BCUT2D eigenvalue weighted by Crippen LogP contribution is -2.43. The van der Waals surface area contributed by atoms with Crippen molar-refractivity contribution < 1.29 is 13.5 Å². The van der Waals surface area contributed by atoms with Crippen LogP contribution >= 0.6 is 0 Å². The van der Waals surface area contributed by atoms with Gasteiger partial charge in [0.05, 0.1) is 27.9 Å². The van der Waals surface area contributed by atoms with Gasteiger partial charge in [-0.15, -0.1) is 0 Å². The third-order valence-electron chi connectivity index (χ3n) is 3.93. The minimum Gasteiger partial charge on any atom is -0.390 e. The molecule has 1 aromatic rings. The molecule has 5 nitrogen and oxygen atoms in total. The molecule has 0 radical (unpaired) electrons. The van der Waals surface area contributed by atoms with Crippen LogP contribution in [-0.4, -0.2) is 49.4 Å². The van der Waals surface area contributed by atoms with Gasteiger partial charge < -0.3 is 10.0 Å². The topological polar surface area (TPSA) is 81.4 Å². The van der Waals surface area contributed by atoms with Crippen molar-refractivity contribution in [2.24, 2.45) is 0 Å². The molecule has 0 aliphatic carbocycles. The van der Waals surface area contributed by atoms with Crippen LogP contribution in [0.5, 0.6) is 0 Å². The fourth-order valence-electron chi connectivity index (χ4n) is 2.38. The maximum atomic E-state index is 12.3. The number of likely N-dealkylation sites (tertiary alicyclic amines) is 1. The molecule has 2 rings (SSSR count). The highest BCUT2D eigenvalue weighted by atomic mass is 32.2. The average Bonchev–Trinajstić information content (AvgIpc) is 2.46. The van der Waals surface area contributed by atoms with Crippen molar-refractivity contribution in [2.45, 2.75) is 30.3 Å². The van der Waals surface area contributed by atoms with E-state index in [4.69, 9.17) is 5.26 Å². The Morgan fingerprint density at radius 1 is 1.38 bits per heavy atom. The molecule has 0 amide bonds. The molecule has 6 heteroatoms. The molecule has 1 fully saturated rings. The van der Waals surface area contributed by atoms with E-state index in [0.717, 1.165) is 0 Å². The second-order valence-corrected chi connectivity index (χ2v) is 7.91. The van der Waals surface area contributed by atoms with E-state index >= 15 is 0 Å². The Kier molecular flexibility index (Phi) is 4.67. The number of sulfone groups is 1. The lowest BCUT2D eigenvalue weighted by atomic mass is 9.94. The molecular formula is C15H20N2O3S. The molecule has 0 saturated carbocycles. The van der Waals surface area contributed by atoms with E-state index in [0.29, 0.717) is 38.0 Å². The van der Waals surface area contributed by atoms with Gasteiger partial charge in [-0.3, -0.25) is 0 Å². The van der Waals surface area contributed by atoms with E-state index in [1.165, 1.54) is 12.1 Å². The van der Waals surface area contributed by atoms with Crippen LogP contribution in [0.3, 0.4) is 0 Å². The highest BCUT2D eigenvalue weighted by molar-refractivity contribution is 7.91. The van der Waals surface area contributed by atoms with Crippen LogP contribution in [-0.2, 0) is 9.84 Å². The van der Waals surface area contributed by atoms with Gasteiger partial charge in [-0.1, -0.05) is 6.07 Å². The number of aliphatic hydroxyl groups is 1. The number of nitrogens with zero attached hydrogens (tertiary/aromatic N) is 2. The van der Waals surface area contributed by atoms with Crippen molar-refractivity contribution in [1.82, 2.24) is 4.90 Å². The zero-order valence-corrected chi connectivity index (χ0v) is 12.9. The number of rotatable bonds is 4. The van der Waals surface area contributed by atoms with E-state index in [-0.39, 0.29) is 10.6 Å². The van der Waals surface area contributed by atoms with E-state index in [2.05, 4.69) is 4.90 Å². The van der Waals surface area contributed by atoms with Gasteiger partial charge in [-0.25, -0.2) is 8.42 Å². The van der Waals surface area contributed by atoms with Gasteiger partial charge >= 0.3 is 0 Å². The van der Waals surface area contributed by atoms with Crippen LogP contribution in [0.25, 0.3) is 0 Å². The predicted molar refractivity (Wildman–Crippen MR) is 79.5 cm³/mol. The molecule has 1 saturated heterocycles. The SMILES string of the molecule is CC1(O)CCN(CCS(=O)(=O)c2cccc(C#N)c2)CC1.